The van der Waals surface area contributed by atoms with E-state index in [9.17, 15) is 4.79 Å². The quantitative estimate of drug-likeness (QED) is 0.365. The van der Waals surface area contributed by atoms with Crippen LogP contribution >= 0.6 is 23.1 Å². The molecule has 1 aliphatic rings. The molecule has 140 valence electrons. The minimum absolute atomic E-state index is 0.00425. The fraction of sp³-hybridized carbons (Fsp3) is 0.300. The highest BCUT2D eigenvalue weighted by atomic mass is 32.2. The van der Waals surface area contributed by atoms with E-state index in [4.69, 9.17) is 14.5 Å². The Bertz CT molecular complexity index is 1070. The zero-order chi connectivity index (χ0) is 19.0. The molecule has 1 aliphatic heterocycles. The number of rotatable bonds is 5. The Morgan fingerprint density at radius 3 is 2.93 bits per heavy atom. The van der Waals surface area contributed by atoms with Crippen molar-refractivity contribution in [3.8, 4) is 11.5 Å². The van der Waals surface area contributed by atoms with Crippen molar-refractivity contribution in [1.82, 2.24) is 9.55 Å². The van der Waals surface area contributed by atoms with Crippen LogP contribution in [0.4, 0.5) is 0 Å². The lowest BCUT2D eigenvalue weighted by Crippen LogP contribution is -2.31. The molecule has 1 atom stereocenters. The van der Waals surface area contributed by atoms with E-state index in [1.165, 1.54) is 11.8 Å². The predicted molar refractivity (Wildman–Crippen MR) is 111 cm³/mol. The van der Waals surface area contributed by atoms with Gasteiger partial charge in [-0.15, -0.1) is 17.9 Å². The van der Waals surface area contributed by atoms with Gasteiger partial charge < -0.3 is 9.47 Å². The lowest BCUT2D eigenvalue weighted by molar-refractivity contribution is 0.107. The first kappa shape index (κ1) is 18.1. The fourth-order valence-corrected chi connectivity index (χ4v) is 5.07. The van der Waals surface area contributed by atoms with Gasteiger partial charge in [0.1, 0.15) is 17.5 Å². The van der Waals surface area contributed by atoms with E-state index in [-0.39, 0.29) is 11.7 Å². The van der Waals surface area contributed by atoms with Crippen molar-refractivity contribution < 1.29 is 9.47 Å². The Morgan fingerprint density at radius 1 is 1.37 bits per heavy atom. The van der Waals surface area contributed by atoms with Gasteiger partial charge >= 0.3 is 0 Å². The minimum atomic E-state index is -0.0958. The maximum atomic E-state index is 13.0. The molecular weight excluding hydrogens is 380 g/mol. The number of thioether (sulfide) groups is 1. The number of allylic oxidation sites excluding steroid dienone is 1. The molecule has 4 rings (SSSR count). The Labute approximate surface area is 165 Å². The molecule has 0 aliphatic carbocycles. The molecule has 0 saturated carbocycles. The first-order chi connectivity index (χ1) is 13.1. The van der Waals surface area contributed by atoms with E-state index in [1.54, 1.807) is 22.0 Å². The molecule has 3 heterocycles. The molecule has 3 aromatic rings. The van der Waals surface area contributed by atoms with E-state index >= 15 is 0 Å². The van der Waals surface area contributed by atoms with Crippen LogP contribution in [0.5, 0.6) is 11.5 Å². The van der Waals surface area contributed by atoms with Gasteiger partial charge in [-0.05, 0) is 31.5 Å². The van der Waals surface area contributed by atoms with E-state index in [1.807, 2.05) is 38.1 Å². The number of benzene rings is 1. The van der Waals surface area contributed by atoms with E-state index < -0.39 is 0 Å². The van der Waals surface area contributed by atoms with Crippen molar-refractivity contribution in [3.05, 3.63) is 57.7 Å². The standard InChI is InChI=1S/C20H20N2O3S2/c1-4-9-22-19(23)17-12(2)13(3)27-18(17)21-20(22)26-11-14-10-24-15-7-5-6-8-16(15)25-14/h4-8,14H,1,9-11H2,2-3H3. The molecule has 7 heteroatoms. The molecule has 1 unspecified atom stereocenters. The van der Waals surface area contributed by atoms with E-state index in [2.05, 4.69) is 6.58 Å². The van der Waals surface area contributed by atoms with Gasteiger partial charge in [0.2, 0.25) is 0 Å². The number of thiophene rings is 1. The third kappa shape index (κ3) is 3.37. The second-order valence-corrected chi connectivity index (χ2v) is 8.56. The molecule has 0 amide bonds. The number of hydrogen-bond donors (Lipinski definition) is 0. The summed E-state index contributed by atoms with van der Waals surface area (Å²) in [7, 11) is 0. The number of hydrogen-bond acceptors (Lipinski definition) is 6. The van der Waals surface area contributed by atoms with Gasteiger partial charge in [0.25, 0.3) is 5.56 Å². The third-order valence-corrected chi connectivity index (χ3v) is 6.74. The van der Waals surface area contributed by atoms with Crippen molar-refractivity contribution >= 4 is 33.3 Å². The highest BCUT2D eigenvalue weighted by molar-refractivity contribution is 7.99. The summed E-state index contributed by atoms with van der Waals surface area (Å²) >= 11 is 3.08. The lowest BCUT2D eigenvalue weighted by atomic mass is 10.2. The molecule has 0 spiro atoms. The highest BCUT2D eigenvalue weighted by Gasteiger charge is 2.22. The van der Waals surface area contributed by atoms with Crippen LogP contribution in [-0.4, -0.2) is 28.0 Å². The lowest BCUT2D eigenvalue weighted by Gasteiger charge is -2.26. The Hall–Kier alpha value is -2.25. The molecule has 0 saturated heterocycles. The highest BCUT2D eigenvalue weighted by Crippen LogP contribution is 2.33. The number of fused-ring (bicyclic) bond motifs is 2. The first-order valence-electron chi connectivity index (χ1n) is 8.71. The minimum Gasteiger partial charge on any atom is -0.486 e. The fourth-order valence-electron chi connectivity index (χ4n) is 3.02. The molecule has 0 N–H and O–H groups in total. The molecule has 1 aromatic carbocycles. The Morgan fingerprint density at radius 2 is 2.15 bits per heavy atom. The van der Waals surface area contributed by atoms with E-state index in [0.29, 0.717) is 24.1 Å². The Balaban J connectivity index is 1.61. The molecular formula is C20H20N2O3S2. The average Bonchev–Trinajstić information content (AvgIpc) is 2.96. The molecule has 0 fully saturated rings. The van der Waals surface area contributed by atoms with E-state index in [0.717, 1.165) is 32.2 Å². The zero-order valence-electron chi connectivity index (χ0n) is 15.2. The van der Waals surface area contributed by atoms with Crippen LogP contribution in [0.2, 0.25) is 0 Å². The number of nitrogens with zero attached hydrogens (tertiary/aromatic N) is 2. The van der Waals surface area contributed by atoms with Gasteiger partial charge in [-0.1, -0.05) is 30.0 Å². The summed E-state index contributed by atoms with van der Waals surface area (Å²) in [6.45, 7) is 8.70. The van der Waals surface area contributed by atoms with Crippen LogP contribution in [0, 0.1) is 13.8 Å². The van der Waals surface area contributed by atoms with Crippen molar-refractivity contribution in [1.29, 1.82) is 0 Å². The normalized spacial score (nSPS) is 15.9. The molecule has 5 nitrogen and oxygen atoms in total. The van der Waals surface area contributed by atoms with Crippen LogP contribution in [-0.2, 0) is 6.54 Å². The summed E-state index contributed by atoms with van der Waals surface area (Å²) < 4.78 is 13.5. The van der Waals surface area contributed by atoms with Crippen LogP contribution in [0.1, 0.15) is 10.4 Å². The maximum Gasteiger partial charge on any atom is 0.263 e. The van der Waals surface area contributed by atoms with Gasteiger partial charge in [0, 0.05) is 17.2 Å². The summed E-state index contributed by atoms with van der Waals surface area (Å²) in [5.41, 5.74) is 1.01. The van der Waals surface area contributed by atoms with Gasteiger partial charge in [0.05, 0.1) is 5.39 Å². The third-order valence-electron chi connectivity index (χ3n) is 4.53. The second kappa shape index (κ2) is 7.40. The van der Waals surface area contributed by atoms with Gasteiger partial charge in [0.15, 0.2) is 16.7 Å². The van der Waals surface area contributed by atoms with Crippen LogP contribution < -0.4 is 15.0 Å². The number of para-hydroxylation sites is 2. The van der Waals surface area contributed by atoms with Gasteiger partial charge in [-0.25, -0.2) is 4.98 Å². The summed E-state index contributed by atoms with van der Waals surface area (Å²) in [4.78, 5) is 19.7. The zero-order valence-corrected chi connectivity index (χ0v) is 16.9. The number of aryl methyl sites for hydroxylation is 2. The van der Waals surface area contributed by atoms with Gasteiger partial charge in [-0.3, -0.25) is 9.36 Å². The monoisotopic (exact) mass is 400 g/mol. The van der Waals surface area contributed by atoms with Crippen molar-refractivity contribution in [2.24, 2.45) is 0 Å². The summed E-state index contributed by atoms with van der Waals surface area (Å²) in [5, 5.41) is 1.41. The maximum absolute atomic E-state index is 13.0. The molecule has 2 aromatic heterocycles. The summed E-state index contributed by atoms with van der Waals surface area (Å²) in [6, 6.07) is 7.66. The topological polar surface area (TPSA) is 53.4 Å². The van der Waals surface area contributed by atoms with Gasteiger partial charge in [-0.2, -0.15) is 0 Å². The molecule has 27 heavy (non-hydrogen) atoms. The number of ether oxygens (including phenoxy) is 2. The second-order valence-electron chi connectivity index (χ2n) is 6.37. The average molecular weight is 401 g/mol. The van der Waals surface area contributed by atoms with Crippen molar-refractivity contribution in [2.75, 3.05) is 12.4 Å². The molecule has 0 bridgehead atoms. The molecule has 0 radical (unpaired) electrons. The van der Waals surface area contributed by atoms with Crippen LogP contribution in [0.25, 0.3) is 10.2 Å². The summed E-state index contributed by atoms with van der Waals surface area (Å²) in [6.07, 6.45) is 1.63. The number of aromatic nitrogens is 2. The first-order valence-corrected chi connectivity index (χ1v) is 10.5. The van der Waals surface area contributed by atoms with Crippen molar-refractivity contribution in [2.45, 2.75) is 31.7 Å². The van der Waals surface area contributed by atoms with Crippen LogP contribution in [0.3, 0.4) is 0 Å². The smallest absolute Gasteiger partial charge is 0.263 e. The predicted octanol–water partition coefficient (Wildman–Crippen LogP) is 4.19. The Kier molecular flexibility index (Phi) is 4.97. The van der Waals surface area contributed by atoms with Crippen molar-refractivity contribution in [3.63, 3.8) is 0 Å². The largest absolute Gasteiger partial charge is 0.486 e. The SMILES string of the molecule is C=CCn1c(SCC2COc3ccccc3O2)nc2sc(C)c(C)c2c1=O. The summed E-state index contributed by atoms with van der Waals surface area (Å²) in [5.74, 6) is 2.17. The van der Waals surface area contributed by atoms with Crippen LogP contribution in [0.15, 0.2) is 46.9 Å².